The number of carbonyl (C=O) groups excluding carboxylic acids is 1. The van der Waals surface area contributed by atoms with Gasteiger partial charge in [0.1, 0.15) is 0 Å². The van der Waals surface area contributed by atoms with Crippen molar-refractivity contribution in [3.05, 3.63) is 50.8 Å². The number of nitrogens with zero attached hydrogens (tertiary/aromatic N) is 3. The Balaban J connectivity index is 1.70. The third-order valence-corrected chi connectivity index (χ3v) is 4.55. The van der Waals surface area contributed by atoms with Gasteiger partial charge in [0.2, 0.25) is 5.82 Å². The first-order valence-corrected chi connectivity index (χ1v) is 7.82. The van der Waals surface area contributed by atoms with Crippen LogP contribution in [0.4, 0.5) is 0 Å². The fourth-order valence-corrected chi connectivity index (χ4v) is 3.16. The van der Waals surface area contributed by atoms with Gasteiger partial charge in [0.05, 0.1) is 10.4 Å². The zero-order valence-corrected chi connectivity index (χ0v) is 13.3. The van der Waals surface area contributed by atoms with Crippen molar-refractivity contribution in [2.45, 2.75) is 6.54 Å². The highest BCUT2D eigenvalue weighted by atomic mass is 35.5. The first kappa shape index (κ1) is 15.0. The van der Waals surface area contributed by atoms with E-state index in [9.17, 15) is 4.79 Å². The molecule has 0 bridgehead atoms. The highest BCUT2D eigenvalue weighted by molar-refractivity contribution is 7.13. The smallest absolute Gasteiger partial charge is 0.252 e. The Labute approximate surface area is 139 Å². The first-order valence-electron chi connectivity index (χ1n) is 6.18. The van der Waals surface area contributed by atoms with Gasteiger partial charge in [-0.1, -0.05) is 29.3 Å². The summed E-state index contributed by atoms with van der Waals surface area (Å²) in [6.45, 7) is 0.255. The molecule has 2 heterocycles. The molecule has 0 radical (unpaired) electrons. The maximum absolute atomic E-state index is 12.2. The lowest BCUT2D eigenvalue weighted by Crippen LogP contribution is -2.22. The molecule has 6 nitrogen and oxygen atoms in total. The van der Waals surface area contributed by atoms with Crippen molar-refractivity contribution in [2.24, 2.45) is 0 Å². The van der Waals surface area contributed by atoms with E-state index in [1.54, 1.807) is 29.6 Å². The van der Waals surface area contributed by atoms with E-state index in [1.165, 1.54) is 11.3 Å². The molecule has 3 rings (SSSR count). The van der Waals surface area contributed by atoms with E-state index in [4.69, 9.17) is 23.2 Å². The number of aromatic amines is 1. The molecule has 0 fully saturated rings. The van der Waals surface area contributed by atoms with Crippen molar-refractivity contribution in [1.29, 1.82) is 0 Å². The number of hydrogen-bond acceptors (Lipinski definition) is 5. The SMILES string of the molecule is O=C(NCc1c(Cl)cccc1Cl)c1csc(-c2nn[nH]n2)c1. The Morgan fingerprint density at radius 3 is 2.77 bits per heavy atom. The zero-order chi connectivity index (χ0) is 15.5. The van der Waals surface area contributed by atoms with Crippen LogP contribution in [0, 0.1) is 0 Å². The van der Waals surface area contributed by atoms with Crippen molar-refractivity contribution < 1.29 is 4.79 Å². The number of amides is 1. The van der Waals surface area contributed by atoms with Gasteiger partial charge < -0.3 is 5.32 Å². The number of tetrazole rings is 1. The lowest BCUT2D eigenvalue weighted by atomic mass is 10.2. The molecular weight excluding hydrogens is 345 g/mol. The molecule has 0 aliphatic rings. The maximum Gasteiger partial charge on any atom is 0.252 e. The van der Waals surface area contributed by atoms with Crippen LogP contribution < -0.4 is 5.32 Å². The Kier molecular flexibility index (Phi) is 4.37. The summed E-state index contributed by atoms with van der Waals surface area (Å²) < 4.78 is 0. The summed E-state index contributed by atoms with van der Waals surface area (Å²) in [6.07, 6.45) is 0. The highest BCUT2D eigenvalue weighted by Crippen LogP contribution is 2.25. The Bertz CT molecular complexity index is 782. The van der Waals surface area contributed by atoms with Gasteiger partial charge in [-0.05, 0) is 23.4 Å². The minimum Gasteiger partial charge on any atom is -0.348 e. The van der Waals surface area contributed by atoms with Gasteiger partial charge in [-0.25, -0.2) is 0 Å². The summed E-state index contributed by atoms with van der Waals surface area (Å²) >= 11 is 13.5. The van der Waals surface area contributed by atoms with Gasteiger partial charge in [0.15, 0.2) is 0 Å². The summed E-state index contributed by atoms with van der Waals surface area (Å²) in [5.74, 6) is 0.236. The van der Waals surface area contributed by atoms with Crippen molar-refractivity contribution >= 4 is 40.4 Å². The van der Waals surface area contributed by atoms with Gasteiger partial charge in [0.25, 0.3) is 5.91 Å². The van der Waals surface area contributed by atoms with Crippen molar-refractivity contribution in [1.82, 2.24) is 25.9 Å². The minimum atomic E-state index is -0.220. The number of carbonyl (C=O) groups is 1. The molecule has 9 heteroatoms. The predicted molar refractivity (Wildman–Crippen MR) is 85.1 cm³/mol. The Morgan fingerprint density at radius 2 is 2.09 bits per heavy atom. The number of hydrogen-bond donors (Lipinski definition) is 2. The quantitative estimate of drug-likeness (QED) is 0.754. The topological polar surface area (TPSA) is 83.6 Å². The van der Waals surface area contributed by atoms with Crippen LogP contribution >= 0.6 is 34.5 Å². The number of H-pyrrole nitrogens is 1. The van der Waals surface area contributed by atoms with Gasteiger partial charge >= 0.3 is 0 Å². The molecule has 0 saturated carbocycles. The fraction of sp³-hybridized carbons (Fsp3) is 0.0769. The van der Waals surface area contributed by atoms with Gasteiger partial charge in [0, 0.05) is 27.5 Å². The van der Waals surface area contributed by atoms with Crippen LogP contribution in [-0.2, 0) is 6.54 Å². The number of nitrogens with one attached hydrogen (secondary N) is 2. The van der Waals surface area contributed by atoms with Gasteiger partial charge in [-0.2, -0.15) is 5.21 Å². The Morgan fingerprint density at radius 1 is 1.32 bits per heavy atom. The lowest BCUT2D eigenvalue weighted by molar-refractivity contribution is 0.0951. The standard InChI is InChI=1S/C13H9Cl2N5OS/c14-9-2-1-3-10(15)8(9)5-16-13(21)7-4-11(22-6-7)12-17-19-20-18-12/h1-4,6H,5H2,(H,16,21)(H,17,18,19,20). The van der Waals surface area contributed by atoms with E-state index in [2.05, 4.69) is 25.9 Å². The summed E-state index contributed by atoms with van der Waals surface area (Å²) in [6, 6.07) is 6.92. The van der Waals surface area contributed by atoms with E-state index in [0.29, 0.717) is 27.0 Å². The van der Waals surface area contributed by atoms with Crippen molar-refractivity contribution in [3.63, 3.8) is 0 Å². The van der Waals surface area contributed by atoms with E-state index in [0.717, 1.165) is 4.88 Å². The van der Waals surface area contributed by atoms with Crippen LogP contribution in [-0.4, -0.2) is 26.5 Å². The molecule has 0 aliphatic heterocycles. The van der Waals surface area contributed by atoms with E-state index >= 15 is 0 Å². The normalized spacial score (nSPS) is 10.6. The van der Waals surface area contributed by atoms with E-state index in [1.807, 2.05) is 0 Å². The average molecular weight is 354 g/mol. The zero-order valence-electron chi connectivity index (χ0n) is 11.0. The first-order chi connectivity index (χ1) is 10.6. The number of halogens is 2. The lowest BCUT2D eigenvalue weighted by Gasteiger charge is -2.08. The molecule has 1 amide bonds. The second kappa shape index (κ2) is 6.43. The number of thiophene rings is 1. The molecular formula is C13H9Cl2N5OS. The molecule has 0 unspecified atom stereocenters. The van der Waals surface area contributed by atoms with Crippen LogP contribution in [0.25, 0.3) is 10.7 Å². The fourth-order valence-electron chi connectivity index (χ4n) is 1.81. The molecule has 0 aliphatic carbocycles. The van der Waals surface area contributed by atoms with Crippen LogP contribution in [0.3, 0.4) is 0 Å². The van der Waals surface area contributed by atoms with Crippen molar-refractivity contribution in [3.8, 4) is 10.7 Å². The maximum atomic E-state index is 12.2. The summed E-state index contributed by atoms with van der Waals surface area (Å²) in [5, 5.41) is 19.2. The van der Waals surface area contributed by atoms with Crippen LogP contribution in [0.15, 0.2) is 29.6 Å². The molecule has 0 atom stereocenters. The second-order valence-corrected chi connectivity index (χ2v) is 6.04. The summed E-state index contributed by atoms with van der Waals surface area (Å²) in [4.78, 5) is 12.9. The molecule has 112 valence electrons. The monoisotopic (exact) mass is 353 g/mol. The third-order valence-electron chi connectivity index (χ3n) is 2.91. The molecule has 2 N–H and O–H groups in total. The second-order valence-electron chi connectivity index (χ2n) is 4.32. The molecule has 3 aromatic rings. The minimum absolute atomic E-state index is 0.220. The molecule has 2 aromatic heterocycles. The number of benzene rings is 1. The van der Waals surface area contributed by atoms with Crippen molar-refractivity contribution in [2.75, 3.05) is 0 Å². The van der Waals surface area contributed by atoms with Gasteiger partial charge in [-0.3, -0.25) is 4.79 Å². The summed E-state index contributed by atoms with van der Waals surface area (Å²) in [5.41, 5.74) is 1.21. The highest BCUT2D eigenvalue weighted by Gasteiger charge is 2.13. The van der Waals surface area contributed by atoms with E-state index < -0.39 is 0 Å². The number of rotatable bonds is 4. The largest absolute Gasteiger partial charge is 0.348 e. The molecule has 22 heavy (non-hydrogen) atoms. The summed E-state index contributed by atoms with van der Waals surface area (Å²) in [7, 11) is 0. The molecule has 0 saturated heterocycles. The van der Waals surface area contributed by atoms with Gasteiger partial charge in [-0.15, -0.1) is 21.5 Å². The molecule has 1 aromatic carbocycles. The van der Waals surface area contributed by atoms with E-state index in [-0.39, 0.29) is 12.5 Å². The van der Waals surface area contributed by atoms with Crippen LogP contribution in [0.5, 0.6) is 0 Å². The van der Waals surface area contributed by atoms with Crippen LogP contribution in [0.2, 0.25) is 10.0 Å². The number of aromatic nitrogens is 4. The average Bonchev–Trinajstić information content (AvgIpc) is 3.17. The Hall–Kier alpha value is -1.96. The third kappa shape index (κ3) is 3.11. The molecule has 0 spiro atoms. The predicted octanol–water partition coefficient (Wildman–Crippen LogP) is 3.17. The van der Waals surface area contributed by atoms with Crippen LogP contribution in [0.1, 0.15) is 15.9 Å².